The Kier molecular flexibility index (Phi) is 5.35. The van der Waals surface area contributed by atoms with Crippen LogP contribution in [0.4, 0.5) is 11.4 Å². The van der Waals surface area contributed by atoms with Crippen LogP contribution in [0.5, 0.6) is 0 Å². The number of hydrogen-bond donors (Lipinski definition) is 2. The van der Waals surface area contributed by atoms with Gasteiger partial charge in [0, 0.05) is 23.2 Å². The molecule has 0 unspecified atom stereocenters. The Hall–Kier alpha value is -2.67. The van der Waals surface area contributed by atoms with Crippen molar-refractivity contribution in [3.63, 3.8) is 0 Å². The van der Waals surface area contributed by atoms with E-state index in [9.17, 15) is 18.0 Å². The SMILES string of the molecule is CC(=O)c1ccccc1NCC(=O)Nc1cccc(S(C)(=O)=O)c1. The van der Waals surface area contributed by atoms with Crippen molar-refractivity contribution in [2.45, 2.75) is 11.8 Å². The lowest BCUT2D eigenvalue weighted by Gasteiger charge is -2.11. The third-order valence-electron chi connectivity index (χ3n) is 3.29. The predicted octanol–water partition coefficient (Wildman–Crippen LogP) is 2.34. The zero-order chi connectivity index (χ0) is 17.7. The average molecular weight is 346 g/mol. The van der Waals surface area contributed by atoms with Gasteiger partial charge in [0.1, 0.15) is 0 Å². The average Bonchev–Trinajstić information content (AvgIpc) is 2.52. The topological polar surface area (TPSA) is 92.3 Å². The quantitative estimate of drug-likeness (QED) is 0.783. The molecule has 2 N–H and O–H groups in total. The molecule has 0 aliphatic heterocycles. The summed E-state index contributed by atoms with van der Waals surface area (Å²) in [4.78, 5) is 23.7. The molecule has 7 heteroatoms. The lowest BCUT2D eigenvalue weighted by atomic mass is 10.1. The summed E-state index contributed by atoms with van der Waals surface area (Å²) in [6.45, 7) is 1.41. The fourth-order valence-electron chi connectivity index (χ4n) is 2.13. The molecule has 0 aromatic heterocycles. The fourth-order valence-corrected chi connectivity index (χ4v) is 2.80. The van der Waals surface area contributed by atoms with E-state index in [1.165, 1.54) is 19.1 Å². The Morgan fingerprint density at radius 1 is 1.04 bits per heavy atom. The minimum atomic E-state index is -3.34. The molecule has 0 saturated heterocycles. The number of amides is 1. The van der Waals surface area contributed by atoms with E-state index in [1.54, 1.807) is 36.4 Å². The first-order chi connectivity index (χ1) is 11.3. The van der Waals surface area contributed by atoms with Gasteiger partial charge in [0.15, 0.2) is 15.6 Å². The number of carbonyl (C=O) groups is 2. The number of ketones is 1. The number of benzene rings is 2. The molecule has 24 heavy (non-hydrogen) atoms. The monoisotopic (exact) mass is 346 g/mol. The third kappa shape index (κ3) is 4.66. The van der Waals surface area contributed by atoms with Crippen LogP contribution in [-0.2, 0) is 14.6 Å². The highest BCUT2D eigenvalue weighted by Gasteiger charge is 2.10. The molecule has 0 aliphatic carbocycles. The van der Waals surface area contributed by atoms with Gasteiger partial charge in [-0.3, -0.25) is 9.59 Å². The number of nitrogens with one attached hydrogen (secondary N) is 2. The largest absolute Gasteiger partial charge is 0.376 e. The van der Waals surface area contributed by atoms with E-state index < -0.39 is 9.84 Å². The van der Waals surface area contributed by atoms with Crippen LogP contribution in [0.1, 0.15) is 17.3 Å². The summed E-state index contributed by atoms with van der Waals surface area (Å²) >= 11 is 0. The second-order valence-electron chi connectivity index (χ2n) is 5.30. The molecular weight excluding hydrogens is 328 g/mol. The predicted molar refractivity (Wildman–Crippen MR) is 93.1 cm³/mol. The number of anilines is 2. The van der Waals surface area contributed by atoms with Crippen molar-refractivity contribution in [1.29, 1.82) is 0 Å². The summed E-state index contributed by atoms with van der Waals surface area (Å²) in [7, 11) is -3.34. The number of sulfone groups is 1. The second-order valence-corrected chi connectivity index (χ2v) is 7.32. The van der Waals surface area contributed by atoms with Gasteiger partial charge in [-0.15, -0.1) is 0 Å². The van der Waals surface area contributed by atoms with E-state index in [2.05, 4.69) is 10.6 Å². The van der Waals surface area contributed by atoms with Crippen molar-refractivity contribution in [3.8, 4) is 0 Å². The molecule has 126 valence electrons. The van der Waals surface area contributed by atoms with Crippen LogP contribution in [0.3, 0.4) is 0 Å². The molecule has 2 aromatic rings. The number of carbonyl (C=O) groups excluding carboxylic acids is 2. The van der Waals surface area contributed by atoms with Crippen LogP contribution in [0, 0.1) is 0 Å². The normalized spacial score (nSPS) is 10.9. The summed E-state index contributed by atoms with van der Waals surface area (Å²) in [5.41, 5.74) is 1.47. The summed E-state index contributed by atoms with van der Waals surface area (Å²) in [5.74, 6) is -0.446. The van der Waals surface area contributed by atoms with Crippen molar-refractivity contribution < 1.29 is 18.0 Å². The highest BCUT2D eigenvalue weighted by molar-refractivity contribution is 7.90. The van der Waals surface area contributed by atoms with Crippen molar-refractivity contribution in [2.75, 3.05) is 23.4 Å². The lowest BCUT2D eigenvalue weighted by Crippen LogP contribution is -2.22. The molecule has 0 radical (unpaired) electrons. The maximum atomic E-state index is 12.0. The van der Waals surface area contributed by atoms with Gasteiger partial charge in [-0.25, -0.2) is 8.42 Å². The molecule has 0 spiro atoms. The summed E-state index contributed by atoms with van der Waals surface area (Å²) in [6.07, 6.45) is 1.11. The van der Waals surface area contributed by atoms with Crippen LogP contribution in [0.25, 0.3) is 0 Å². The van der Waals surface area contributed by atoms with Crippen molar-refractivity contribution in [1.82, 2.24) is 0 Å². The van der Waals surface area contributed by atoms with Crippen LogP contribution in [0.15, 0.2) is 53.4 Å². The van der Waals surface area contributed by atoms with Gasteiger partial charge in [0.2, 0.25) is 5.91 Å². The zero-order valence-corrected chi connectivity index (χ0v) is 14.2. The van der Waals surface area contributed by atoms with Crippen LogP contribution >= 0.6 is 0 Å². The maximum Gasteiger partial charge on any atom is 0.243 e. The Balaban J connectivity index is 2.04. The van der Waals surface area contributed by atoms with Gasteiger partial charge in [0.25, 0.3) is 0 Å². The van der Waals surface area contributed by atoms with Crippen molar-refractivity contribution in [2.24, 2.45) is 0 Å². The zero-order valence-electron chi connectivity index (χ0n) is 13.4. The Morgan fingerprint density at radius 3 is 2.42 bits per heavy atom. The fraction of sp³-hybridized carbons (Fsp3) is 0.176. The number of rotatable bonds is 6. The van der Waals surface area contributed by atoms with E-state index in [1.807, 2.05) is 0 Å². The lowest BCUT2D eigenvalue weighted by molar-refractivity contribution is -0.114. The summed E-state index contributed by atoms with van der Waals surface area (Å²) < 4.78 is 23.1. The van der Waals surface area contributed by atoms with Crippen molar-refractivity contribution >= 4 is 32.9 Å². The number of para-hydroxylation sites is 1. The minimum Gasteiger partial charge on any atom is -0.376 e. The van der Waals surface area contributed by atoms with Gasteiger partial charge < -0.3 is 10.6 Å². The number of hydrogen-bond acceptors (Lipinski definition) is 5. The first-order valence-electron chi connectivity index (χ1n) is 7.21. The summed E-state index contributed by atoms with van der Waals surface area (Å²) in [5, 5.41) is 5.53. The van der Waals surface area contributed by atoms with Gasteiger partial charge in [-0.2, -0.15) is 0 Å². The van der Waals surface area contributed by atoms with Crippen LogP contribution < -0.4 is 10.6 Å². The molecule has 0 aliphatic rings. The summed E-state index contributed by atoms with van der Waals surface area (Å²) in [6, 6.07) is 12.9. The molecule has 0 atom stereocenters. The van der Waals surface area contributed by atoms with E-state index >= 15 is 0 Å². The molecule has 2 rings (SSSR count). The van der Waals surface area contributed by atoms with E-state index in [-0.39, 0.29) is 23.1 Å². The molecular formula is C17H18N2O4S. The van der Waals surface area contributed by atoms with Gasteiger partial charge in [0.05, 0.1) is 11.4 Å². The van der Waals surface area contributed by atoms with Gasteiger partial charge in [-0.05, 0) is 37.3 Å². The van der Waals surface area contributed by atoms with Crippen LogP contribution in [-0.4, -0.2) is 32.9 Å². The Labute approximate surface area is 140 Å². The first kappa shape index (κ1) is 17.7. The van der Waals surface area contributed by atoms with Gasteiger partial charge >= 0.3 is 0 Å². The van der Waals surface area contributed by atoms with Gasteiger partial charge in [-0.1, -0.05) is 18.2 Å². The molecule has 0 bridgehead atoms. The maximum absolute atomic E-state index is 12.0. The van der Waals surface area contributed by atoms with E-state index in [0.717, 1.165) is 6.26 Å². The third-order valence-corrected chi connectivity index (χ3v) is 4.40. The molecule has 1 amide bonds. The second kappa shape index (κ2) is 7.27. The minimum absolute atomic E-state index is 0.0482. The molecule has 6 nitrogen and oxygen atoms in total. The molecule has 0 saturated carbocycles. The molecule has 2 aromatic carbocycles. The Bertz CT molecular complexity index is 876. The van der Waals surface area contributed by atoms with E-state index in [4.69, 9.17) is 0 Å². The van der Waals surface area contributed by atoms with Crippen LogP contribution in [0.2, 0.25) is 0 Å². The Morgan fingerprint density at radius 2 is 1.75 bits per heavy atom. The highest BCUT2D eigenvalue weighted by Crippen LogP contribution is 2.17. The smallest absolute Gasteiger partial charge is 0.243 e. The first-order valence-corrected chi connectivity index (χ1v) is 9.10. The standard InChI is InChI=1S/C17H18N2O4S/c1-12(20)15-8-3-4-9-16(15)18-11-17(21)19-13-6-5-7-14(10-13)24(2,22)23/h3-10,18H,11H2,1-2H3,(H,19,21). The van der Waals surface area contributed by atoms with E-state index in [0.29, 0.717) is 16.9 Å². The molecule has 0 heterocycles. The number of Topliss-reactive ketones (excluding diaryl/α,β-unsaturated/α-hetero) is 1. The van der Waals surface area contributed by atoms with Crippen molar-refractivity contribution in [3.05, 3.63) is 54.1 Å². The molecule has 0 fully saturated rings. The highest BCUT2D eigenvalue weighted by atomic mass is 32.2.